The van der Waals surface area contributed by atoms with E-state index in [1.807, 2.05) is 24.3 Å². The van der Waals surface area contributed by atoms with E-state index in [0.717, 1.165) is 47.7 Å². The van der Waals surface area contributed by atoms with E-state index < -0.39 is 17.6 Å². The second-order valence-electron chi connectivity index (χ2n) is 10.2. The highest BCUT2D eigenvalue weighted by atomic mass is 19.2. The Bertz CT molecular complexity index is 1270. The third kappa shape index (κ3) is 7.13. The molecule has 204 valence electrons. The van der Waals surface area contributed by atoms with Crippen molar-refractivity contribution in [3.05, 3.63) is 71.4 Å². The lowest BCUT2D eigenvalue weighted by atomic mass is 9.91. The van der Waals surface area contributed by atoms with Gasteiger partial charge in [-0.2, -0.15) is 0 Å². The maximum atomic E-state index is 13.9. The molecule has 2 heterocycles. The number of hydrogen-bond donors (Lipinski definition) is 2. The predicted octanol–water partition coefficient (Wildman–Crippen LogP) is 5.43. The van der Waals surface area contributed by atoms with Crippen LogP contribution in [-0.2, 0) is 22.6 Å². The topological polar surface area (TPSA) is 88.3 Å². The number of nitrogens with one attached hydrogen (secondary N) is 1. The number of rotatable bonds is 9. The van der Waals surface area contributed by atoms with Crippen LogP contribution in [0.2, 0.25) is 0 Å². The van der Waals surface area contributed by atoms with Crippen LogP contribution >= 0.6 is 0 Å². The molecule has 1 aliphatic heterocycles. The second-order valence-corrected chi connectivity index (χ2v) is 10.2. The van der Waals surface area contributed by atoms with Crippen molar-refractivity contribution in [2.75, 3.05) is 12.3 Å². The third-order valence-corrected chi connectivity index (χ3v) is 7.37. The summed E-state index contributed by atoms with van der Waals surface area (Å²) in [6, 6.07) is 11.7. The molecule has 3 N–H and O–H groups in total. The summed E-state index contributed by atoms with van der Waals surface area (Å²) < 4.78 is 27.3. The minimum atomic E-state index is -0.969. The first-order valence-electron chi connectivity index (χ1n) is 12.8. The molecule has 2 aromatic carbocycles. The molecule has 1 amide bonds. The highest BCUT2D eigenvalue weighted by Gasteiger charge is 2.29. The van der Waals surface area contributed by atoms with E-state index >= 15 is 0 Å². The molecular weight excluding hydrogens is 486 g/mol. The van der Waals surface area contributed by atoms with E-state index in [1.54, 1.807) is 6.20 Å². The van der Waals surface area contributed by atoms with Crippen LogP contribution in [0.3, 0.4) is 0 Å². The highest BCUT2D eigenvalue weighted by molar-refractivity contribution is 5.91. The van der Waals surface area contributed by atoms with E-state index in [1.165, 1.54) is 6.07 Å². The number of pyridine rings is 1. The number of ketones is 1. The molecular formula is C30H38F2N4O2. The largest absolute Gasteiger partial charge is 0.383 e. The van der Waals surface area contributed by atoms with Crippen molar-refractivity contribution in [1.29, 1.82) is 0 Å². The molecule has 0 spiro atoms. The van der Waals surface area contributed by atoms with E-state index in [4.69, 9.17) is 5.73 Å². The summed E-state index contributed by atoms with van der Waals surface area (Å²) in [5.74, 6) is -2.50. The van der Waals surface area contributed by atoms with Crippen LogP contribution in [0.4, 0.5) is 14.6 Å². The predicted molar refractivity (Wildman–Crippen MR) is 147 cm³/mol. The van der Waals surface area contributed by atoms with Crippen LogP contribution in [0.25, 0.3) is 10.8 Å². The van der Waals surface area contributed by atoms with Gasteiger partial charge in [0.2, 0.25) is 5.91 Å². The number of nitrogen functional groups attached to an aromatic ring is 1. The Kier molecular flexibility index (Phi) is 9.91. The Hall–Kier alpha value is -3.39. The molecule has 3 aromatic rings. The van der Waals surface area contributed by atoms with Crippen molar-refractivity contribution >= 4 is 28.3 Å². The van der Waals surface area contributed by atoms with Gasteiger partial charge in [-0.1, -0.05) is 32.0 Å². The van der Waals surface area contributed by atoms with Crippen molar-refractivity contribution in [2.45, 2.75) is 72.0 Å². The van der Waals surface area contributed by atoms with Crippen LogP contribution in [0, 0.1) is 17.6 Å². The van der Waals surface area contributed by atoms with E-state index in [-0.39, 0.29) is 45.0 Å². The molecule has 1 aromatic heterocycles. The number of aromatic nitrogens is 1. The number of nitrogens with two attached hydrogens (primary N) is 1. The Morgan fingerprint density at radius 2 is 1.76 bits per heavy atom. The average molecular weight is 525 g/mol. The molecule has 0 bridgehead atoms. The van der Waals surface area contributed by atoms with Gasteiger partial charge in [0.05, 0.1) is 6.54 Å². The molecule has 0 aliphatic carbocycles. The summed E-state index contributed by atoms with van der Waals surface area (Å²) in [6.07, 6.45) is 5.04. The molecule has 4 rings (SSSR count). The summed E-state index contributed by atoms with van der Waals surface area (Å²) in [4.78, 5) is 32.7. The van der Waals surface area contributed by atoms with Gasteiger partial charge in [-0.3, -0.25) is 14.5 Å². The zero-order chi connectivity index (χ0) is 26.5. The van der Waals surface area contributed by atoms with Gasteiger partial charge in [0.25, 0.3) is 0 Å². The van der Waals surface area contributed by atoms with Crippen LogP contribution < -0.4 is 11.1 Å². The van der Waals surface area contributed by atoms with Crippen molar-refractivity contribution in [3.8, 4) is 0 Å². The molecule has 0 unspecified atom stereocenters. The molecule has 0 radical (unpaired) electrons. The Morgan fingerprint density at radius 3 is 2.47 bits per heavy atom. The lowest BCUT2D eigenvalue weighted by Gasteiger charge is -2.38. The summed E-state index contributed by atoms with van der Waals surface area (Å²) in [5.41, 5.74) is 7.27. The number of halogens is 2. The number of piperidine rings is 1. The number of carbonyl (C=O) groups excluding carboxylic acids is 2. The van der Waals surface area contributed by atoms with Crippen molar-refractivity contribution in [1.82, 2.24) is 15.2 Å². The molecule has 1 saturated heterocycles. The van der Waals surface area contributed by atoms with E-state index in [2.05, 4.69) is 29.0 Å². The molecule has 8 heteroatoms. The SMILES string of the molecule is C.C[C@@H]1CCC[C@H](C)N1CC(=O)C[C@H](Cc1ccc(F)c(F)c1)C(=O)NCc1ccc2c(N)nccc2c1. The zero-order valence-corrected chi connectivity index (χ0v) is 21.3. The fraction of sp³-hybridized carbons (Fsp3) is 0.433. The number of Topliss-reactive ketones (excluding diaryl/α,β-unsaturated/α-hetero) is 1. The van der Waals surface area contributed by atoms with Gasteiger partial charge in [0, 0.05) is 42.6 Å². The Labute approximate surface area is 223 Å². The summed E-state index contributed by atoms with van der Waals surface area (Å²) in [5, 5.41) is 4.68. The zero-order valence-electron chi connectivity index (χ0n) is 21.3. The van der Waals surface area contributed by atoms with Crippen molar-refractivity contribution in [2.24, 2.45) is 5.92 Å². The van der Waals surface area contributed by atoms with Gasteiger partial charge in [0.15, 0.2) is 11.6 Å². The minimum Gasteiger partial charge on any atom is -0.383 e. The van der Waals surface area contributed by atoms with Crippen LogP contribution in [0.1, 0.15) is 58.1 Å². The quantitative estimate of drug-likeness (QED) is 0.390. The van der Waals surface area contributed by atoms with Crippen molar-refractivity contribution in [3.63, 3.8) is 0 Å². The number of hydrogen-bond acceptors (Lipinski definition) is 5. The maximum Gasteiger partial charge on any atom is 0.224 e. The smallest absolute Gasteiger partial charge is 0.224 e. The minimum absolute atomic E-state index is 0. The van der Waals surface area contributed by atoms with Gasteiger partial charge in [-0.25, -0.2) is 13.8 Å². The molecule has 0 saturated carbocycles. The van der Waals surface area contributed by atoms with Gasteiger partial charge in [-0.05, 0) is 73.9 Å². The van der Waals surface area contributed by atoms with Gasteiger partial charge >= 0.3 is 0 Å². The lowest BCUT2D eigenvalue weighted by molar-refractivity contribution is -0.130. The van der Waals surface area contributed by atoms with E-state index in [9.17, 15) is 18.4 Å². The van der Waals surface area contributed by atoms with Crippen LogP contribution in [0.5, 0.6) is 0 Å². The molecule has 1 aliphatic rings. The molecule has 6 nitrogen and oxygen atoms in total. The first-order valence-corrected chi connectivity index (χ1v) is 12.8. The lowest BCUT2D eigenvalue weighted by Crippen LogP contribution is -2.46. The standard InChI is InChI=1S/C29H34F2N4O2.CH4/c1-18-4-3-5-19(2)35(18)17-24(36)15-23(12-20-7-9-26(30)27(31)14-20)29(37)34-16-21-6-8-25-22(13-21)10-11-33-28(25)32;/h6-11,13-14,18-19,23H,3-5,12,15-17H2,1-2H3,(H2,32,33)(H,34,37);1H4/t18-,19+,23-;/m0./s1. The van der Waals surface area contributed by atoms with Crippen LogP contribution in [-0.4, -0.2) is 40.2 Å². The fourth-order valence-corrected chi connectivity index (χ4v) is 5.23. The number of carbonyl (C=O) groups is 2. The third-order valence-electron chi connectivity index (χ3n) is 7.37. The number of nitrogens with zero attached hydrogens (tertiary/aromatic N) is 2. The Balaban J connectivity index is 0.00000400. The average Bonchev–Trinajstić information content (AvgIpc) is 2.87. The van der Waals surface area contributed by atoms with Gasteiger partial charge in [-0.15, -0.1) is 0 Å². The first kappa shape index (κ1) is 29.2. The van der Waals surface area contributed by atoms with Gasteiger partial charge < -0.3 is 11.1 Å². The summed E-state index contributed by atoms with van der Waals surface area (Å²) >= 11 is 0. The van der Waals surface area contributed by atoms with Crippen LogP contribution in [0.15, 0.2) is 48.7 Å². The Morgan fingerprint density at radius 1 is 1.05 bits per heavy atom. The normalized spacial score (nSPS) is 18.5. The van der Waals surface area contributed by atoms with Crippen molar-refractivity contribution < 1.29 is 18.4 Å². The number of likely N-dealkylation sites (tertiary alicyclic amines) is 1. The maximum absolute atomic E-state index is 13.9. The summed E-state index contributed by atoms with van der Waals surface area (Å²) in [7, 11) is 0. The highest BCUT2D eigenvalue weighted by Crippen LogP contribution is 2.24. The second kappa shape index (κ2) is 12.9. The van der Waals surface area contributed by atoms with E-state index in [0.29, 0.717) is 23.5 Å². The first-order chi connectivity index (χ1) is 17.7. The number of benzene rings is 2. The van der Waals surface area contributed by atoms with Gasteiger partial charge in [0.1, 0.15) is 11.6 Å². The fourth-order valence-electron chi connectivity index (χ4n) is 5.23. The molecule has 38 heavy (non-hydrogen) atoms. The molecule has 3 atom stereocenters. The summed E-state index contributed by atoms with van der Waals surface area (Å²) in [6.45, 7) is 4.80. The number of anilines is 1. The monoisotopic (exact) mass is 524 g/mol. The molecule has 1 fully saturated rings. The number of amides is 1. The number of fused-ring (bicyclic) bond motifs is 1.